The average molecular weight is 584 g/mol. The van der Waals surface area contributed by atoms with Gasteiger partial charge in [0.2, 0.25) is 0 Å². The second-order valence-electron chi connectivity index (χ2n) is 7.09. The fourth-order valence-corrected chi connectivity index (χ4v) is 2.73. The van der Waals surface area contributed by atoms with Crippen LogP contribution in [0.3, 0.4) is 0 Å². The molecular weight excluding hydrogens is 561 g/mol. The first kappa shape index (κ1) is 31.8. The smallest absolute Gasteiger partial charge is 0.550 e. The summed E-state index contributed by atoms with van der Waals surface area (Å²) in [7, 11) is 0. The number of carbonyl (C=O) groups excluding carboxylic acids is 2. The number of aromatic nitrogens is 3. The van der Waals surface area contributed by atoms with E-state index in [2.05, 4.69) is 25.8 Å². The zero-order chi connectivity index (χ0) is 27.0. The predicted octanol–water partition coefficient (Wildman–Crippen LogP) is 2.44. The van der Waals surface area contributed by atoms with Gasteiger partial charge < -0.3 is 19.8 Å². The molecule has 0 radical (unpaired) electrons. The van der Waals surface area contributed by atoms with E-state index >= 15 is 0 Å². The van der Waals surface area contributed by atoms with Crippen LogP contribution in [0.5, 0.6) is 0 Å². The number of nitrogens with zero attached hydrogens (tertiary/aromatic N) is 5. The molecule has 3 aromatic carbocycles. The zero-order valence-electron chi connectivity index (χ0n) is 20.7. The molecule has 0 amide bonds. The Balaban J connectivity index is 0.000000709. The van der Waals surface area contributed by atoms with Crippen molar-refractivity contribution in [1.29, 1.82) is 0 Å². The van der Waals surface area contributed by atoms with Gasteiger partial charge in [0, 0.05) is 22.5 Å². The molecule has 4 rings (SSSR count). The average Bonchev–Trinajstić information content (AvgIpc) is 3.26. The predicted molar refractivity (Wildman–Crippen MR) is 139 cm³/mol. The maximum absolute atomic E-state index is 8.89. The normalized spacial score (nSPS) is 9.97. The van der Waals surface area contributed by atoms with Crippen molar-refractivity contribution in [1.82, 2.24) is 14.9 Å². The van der Waals surface area contributed by atoms with E-state index in [1.165, 1.54) is 0 Å². The van der Waals surface area contributed by atoms with Gasteiger partial charge in [0.1, 0.15) is 0 Å². The molecule has 0 saturated heterocycles. The van der Waals surface area contributed by atoms with Gasteiger partial charge in [-0.25, -0.2) is 5.43 Å². The van der Waals surface area contributed by atoms with Crippen LogP contribution in [0.25, 0.3) is 11.4 Å². The monoisotopic (exact) mass is 582 g/mol. The summed E-state index contributed by atoms with van der Waals surface area (Å²) < 4.78 is 1.61. The zero-order valence-corrected chi connectivity index (χ0v) is 24.4. The number of hydrogen-bond donors (Lipinski definition) is 1. The van der Waals surface area contributed by atoms with Crippen LogP contribution < -0.4 is 15.6 Å². The number of carboxylic acids is 2. The number of nitrogens with one attached hydrogen (secondary N) is 1. The number of aliphatic carboxylic acids is 2. The molecule has 0 atom stereocenters. The molecule has 10 nitrogen and oxygen atoms in total. The van der Waals surface area contributed by atoms with Crippen molar-refractivity contribution in [2.75, 3.05) is 5.43 Å². The van der Waals surface area contributed by atoms with Gasteiger partial charge in [-0.15, -0.1) is 10.2 Å². The molecule has 1 N–H and O–H groups in total. The van der Waals surface area contributed by atoms with Crippen molar-refractivity contribution in [3.8, 4) is 11.4 Å². The minimum absolute atomic E-state index is 0. The SMILES string of the molecule is CC(=O)[O-].CC(=O)[O-].Clc1ccc(-c2nnc(N/N=C\c3ccccc3)n2/N=C\c2ccccc2)cc1.[Zn+2]. The number of anilines is 1. The Labute approximate surface area is 237 Å². The summed E-state index contributed by atoms with van der Waals surface area (Å²) in [5.74, 6) is -1.19. The van der Waals surface area contributed by atoms with Crippen LogP contribution in [0.1, 0.15) is 25.0 Å². The molecule has 0 unspecified atom stereocenters. The quantitative estimate of drug-likeness (QED) is 0.208. The topological polar surface area (TPSA) is 148 Å². The molecule has 12 heteroatoms. The molecule has 4 aromatic rings. The number of hydrogen-bond acceptors (Lipinski definition) is 9. The Morgan fingerprint density at radius 2 is 1.29 bits per heavy atom. The number of rotatable bonds is 6. The van der Waals surface area contributed by atoms with Crippen LogP contribution in [0.15, 0.2) is 95.1 Å². The number of carbonyl (C=O) groups is 2. The number of halogens is 1. The van der Waals surface area contributed by atoms with E-state index < -0.39 is 11.9 Å². The summed E-state index contributed by atoms with van der Waals surface area (Å²) in [5, 5.41) is 35.7. The van der Waals surface area contributed by atoms with Crippen molar-refractivity contribution in [2.45, 2.75) is 13.8 Å². The van der Waals surface area contributed by atoms with Gasteiger partial charge >= 0.3 is 19.5 Å². The standard InChI is InChI=1S/C22H17ClN6.2C2H4O2.Zn/c23-20-13-11-19(12-14-20)21-26-28-22(27-24-15-17-7-3-1-4-8-17)29(21)25-16-18-9-5-2-6-10-18;2*1-2(3)4;/h1-16H,(H,27,28);2*1H3,(H,3,4);/q;;;+2/p-2/b24-15-,25-16-;;;. The summed E-state index contributed by atoms with van der Waals surface area (Å²) in [6.45, 7) is 1.94. The van der Waals surface area contributed by atoms with Crippen molar-refractivity contribution >= 4 is 41.9 Å². The minimum atomic E-state index is -1.08. The molecule has 0 aliphatic rings. The van der Waals surface area contributed by atoms with E-state index in [0.717, 1.165) is 30.5 Å². The van der Waals surface area contributed by atoms with Crippen molar-refractivity contribution in [2.24, 2.45) is 10.2 Å². The Morgan fingerprint density at radius 1 is 0.816 bits per heavy atom. The van der Waals surface area contributed by atoms with Gasteiger partial charge in [0.25, 0.3) is 5.95 Å². The molecule has 0 spiro atoms. The molecule has 1 aromatic heterocycles. The van der Waals surface area contributed by atoms with Gasteiger partial charge in [-0.05, 0) is 49.2 Å². The van der Waals surface area contributed by atoms with Crippen molar-refractivity contribution < 1.29 is 39.3 Å². The van der Waals surface area contributed by atoms with Crippen LogP contribution in [0.2, 0.25) is 5.02 Å². The molecule has 1 heterocycles. The summed E-state index contributed by atoms with van der Waals surface area (Å²) in [6, 6.07) is 26.9. The molecule has 38 heavy (non-hydrogen) atoms. The second kappa shape index (κ2) is 17.3. The molecular formula is C26H23ClN6O4Zn. The van der Waals surface area contributed by atoms with Crippen LogP contribution in [-0.4, -0.2) is 39.2 Å². The van der Waals surface area contributed by atoms with Gasteiger partial charge in [-0.1, -0.05) is 72.3 Å². The summed E-state index contributed by atoms with van der Waals surface area (Å²) in [4.78, 5) is 17.8. The molecule has 0 bridgehead atoms. The van der Waals surface area contributed by atoms with Crippen LogP contribution in [-0.2, 0) is 29.1 Å². The first-order chi connectivity index (χ1) is 17.8. The Kier molecular flexibility index (Phi) is 14.5. The van der Waals surface area contributed by atoms with Crippen LogP contribution in [0.4, 0.5) is 5.95 Å². The number of carboxylic acid groups (broad SMARTS) is 2. The molecule has 0 saturated carbocycles. The fraction of sp³-hybridized carbons (Fsp3) is 0.0769. The first-order valence-corrected chi connectivity index (χ1v) is 11.1. The number of hydrazone groups is 1. The largest absolute Gasteiger partial charge is 2.00 e. The van der Waals surface area contributed by atoms with E-state index in [1.807, 2.05) is 72.8 Å². The second-order valence-corrected chi connectivity index (χ2v) is 7.52. The maximum Gasteiger partial charge on any atom is 2.00 e. The Morgan fingerprint density at radius 3 is 1.79 bits per heavy atom. The van der Waals surface area contributed by atoms with Crippen LogP contribution >= 0.6 is 11.6 Å². The minimum Gasteiger partial charge on any atom is -0.550 e. The van der Waals surface area contributed by atoms with Gasteiger partial charge in [-0.2, -0.15) is 14.9 Å². The van der Waals surface area contributed by atoms with E-state index in [-0.39, 0.29) is 19.5 Å². The third kappa shape index (κ3) is 12.2. The fourth-order valence-electron chi connectivity index (χ4n) is 2.60. The van der Waals surface area contributed by atoms with Crippen molar-refractivity contribution in [3.05, 3.63) is 101 Å². The van der Waals surface area contributed by atoms with E-state index in [1.54, 1.807) is 29.2 Å². The molecule has 0 aliphatic carbocycles. The molecule has 0 fully saturated rings. The van der Waals surface area contributed by atoms with Gasteiger partial charge in [0.15, 0.2) is 5.82 Å². The van der Waals surface area contributed by atoms with Gasteiger partial charge in [-0.3, -0.25) is 0 Å². The third-order valence-corrected chi connectivity index (χ3v) is 4.29. The summed E-state index contributed by atoms with van der Waals surface area (Å²) >= 11 is 6.01. The van der Waals surface area contributed by atoms with E-state index in [0.29, 0.717) is 16.8 Å². The summed E-state index contributed by atoms with van der Waals surface area (Å²) in [6.07, 6.45) is 3.46. The first-order valence-electron chi connectivity index (χ1n) is 10.8. The van der Waals surface area contributed by atoms with Gasteiger partial charge in [0.05, 0.1) is 12.4 Å². The van der Waals surface area contributed by atoms with Crippen LogP contribution in [0, 0.1) is 0 Å². The molecule has 0 aliphatic heterocycles. The van der Waals surface area contributed by atoms with E-state index in [9.17, 15) is 0 Å². The van der Waals surface area contributed by atoms with E-state index in [4.69, 9.17) is 31.4 Å². The Bertz CT molecular complexity index is 1310. The van der Waals surface area contributed by atoms with Crippen molar-refractivity contribution in [3.63, 3.8) is 0 Å². The maximum atomic E-state index is 8.89. The summed E-state index contributed by atoms with van der Waals surface area (Å²) in [5.41, 5.74) is 5.69. The Hall–Kier alpha value is -4.21. The third-order valence-electron chi connectivity index (χ3n) is 4.04. The number of benzene rings is 3. The molecule has 190 valence electrons.